The minimum Gasteiger partial charge on any atom is -0.744 e. The van der Waals surface area contributed by atoms with Gasteiger partial charge in [-0.2, -0.15) is 0 Å². The SMILES string of the molecule is Nc1ccc2cc(S(=O)(=O)[O-])cc(O)c2c1.[Na+]. The van der Waals surface area contributed by atoms with E-state index in [9.17, 15) is 18.1 Å². The van der Waals surface area contributed by atoms with E-state index in [0.717, 1.165) is 6.07 Å². The largest absolute Gasteiger partial charge is 1.00 e. The first-order valence-corrected chi connectivity index (χ1v) is 5.77. The second-order valence-electron chi connectivity index (χ2n) is 3.38. The van der Waals surface area contributed by atoms with Crippen LogP contribution in [0.5, 0.6) is 5.75 Å². The monoisotopic (exact) mass is 261 g/mol. The molecule has 0 saturated heterocycles. The summed E-state index contributed by atoms with van der Waals surface area (Å²) < 4.78 is 32.4. The molecule has 0 atom stereocenters. The molecule has 0 spiro atoms. The summed E-state index contributed by atoms with van der Waals surface area (Å²) in [4.78, 5) is -0.456. The number of phenols is 1. The Labute approximate surface area is 120 Å². The van der Waals surface area contributed by atoms with Crippen LogP contribution >= 0.6 is 0 Å². The zero-order valence-corrected chi connectivity index (χ0v) is 11.9. The van der Waals surface area contributed by atoms with Crippen LogP contribution in [0, 0.1) is 0 Å². The quantitative estimate of drug-likeness (QED) is 0.352. The Kier molecular flexibility index (Phi) is 4.06. The van der Waals surface area contributed by atoms with E-state index in [2.05, 4.69) is 0 Å². The van der Waals surface area contributed by atoms with Gasteiger partial charge < -0.3 is 15.4 Å². The van der Waals surface area contributed by atoms with Gasteiger partial charge in [0.05, 0.1) is 4.90 Å². The van der Waals surface area contributed by atoms with Crippen LogP contribution in [0.4, 0.5) is 5.69 Å². The van der Waals surface area contributed by atoms with Crippen molar-refractivity contribution in [3.05, 3.63) is 30.3 Å². The van der Waals surface area contributed by atoms with Gasteiger partial charge in [-0.1, -0.05) is 6.07 Å². The van der Waals surface area contributed by atoms with Gasteiger partial charge in [0.1, 0.15) is 15.9 Å². The van der Waals surface area contributed by atoms with Gasteiger partial charge in [-0.25, -0.2) is 8.42 Å². The Morgan fingerprint density at radius 2 is 1.82 bits per heavy atom. The minimum absolute atomic E-state index is 0. The molecule has 17 heavy (non-hydrogen) atoms. The van der Waals surface area contributed by atoms with Crippen LogP contribution in [0.1, 0.15) is 0 Å². The normalized spacial score (nSPS) is 11.1. The van der Waals surface area contributed by atoms with Gasteiger partial charge in [0.25, 0.3) is 0 Å². The average molecular weight is 261 g/mol. The first-order chi connectivity index (χ1) is 7.38. The summed E-state index contributed by atoms with van der Waals surface area (Å²) >= 11 is 0. The second-order valence-corrected chi connectivity index (χ2v) is 4.76. The Bertz CT molecular complexity index is 669. The smallest absolute Gasteiger partial charge is 0.744 e. The Hall–Kier alpha value is -0.790. The third kappa shape index (κ3) is 2.91. The maximum absolute atomic E-state index is 10.8. The number of phenolic OH excluding ortho intramolecular Hbond substituents is 1. The van der Waals surface area contributed by atoms with Crippen LogP contribution < -0.4 is 35.3 Å². The fraction of sp³-hybridized carbons (Fsp3) is 0. The molecule has 0 radical (unpaired) electrons. The summed E-state index contributed by atoms with van der Waals surface area (Å²) in [6.45, 7) is 0. The zero-order chi connectivity index (χ0) is 11.9. The summed E-state index contributed by atoms with van der Waals surface area (Å²) in [7, 11) is -4.57. The van der Waals surface area contributed by atoms with Crippen LogP contribution in [0.3, 0.4) is 0 Å². The van der Waals surface area contributed by atoms with Gasteiger partial charge in [0.15, 0.2) is 0 Å². The van der Waals surface area contributed by atoms with E-state index in [1.54, 1.807) is 12.1 Å². The molecule has 0 aliphatic heterocycles. The van der Waals surface area contributed by atoms with Gasteiger partial charge in [0.2, 0.25) is 0 Å². The Morgan fingerprint density at radius 3 is 2.41 bits per heavy atom. The van der Waals surface area contributed by atoms with Gasteiger partial charge in [-0.15, -0.1) is 0 Å². The molecule has 0 bridgehead atoms. The predicted molar refractivity (Wildman–Crippen MR) is 58.0 cm³/mol. The first-order valence-electron chi connectivity index (χ1n) is 4.36. The second kappa shape index (κ2) is 4.83. The summed E-state index contributed by atoms with van der Waals surface area (Å²) in [5, 5.41) is 10.4. The van der Waals surface area contributed by atoms with Crippen molar-refractivity contribution in [2.75, 3.05) is 5.73 Å². The average Bonchev–Trinajstić information content (AvgIpc) is 2.17. The number of benzene rings is 2. The molecule has 0 unspecified atom stereocenters. The van der Waals surface area contributed by atoms with Crippen molar-refractivity contribution in [1.82, 2.24) is 0 Å². The molecule has 0 saturated carbocycles. The molecule has 0 amide bonds. The Morgan fingerprint density at radius 1 is 1.18 bits per heavy atom. The number of nitrogens with two attached hydrogens (primary N) is 1. The van der Waals surface area contributed by atoms with Crippen LogP contribution in [0.25, 0.3) is 10.8 Å². The van der Waals surface area contributed by atoms with Crippen LogP contribution in [0.2, 0.25) is 0 Å². The summed E-state index contributed by atoms with van der Waals surface area (Å²) in [6, 6.07) is 6.73. The zero-order valence-electron chi connectivity index (χ0n) is 9.04. The van der Waals surface area contributed by atoms with Crippen LogP contribution in [0.15, 0.2) is 35.2 Å². The molecule has 3 N–H and O–H groups in total. The number of fused-ring (bicyclic) bond motifs is 1. The van der Waals surface area contributed by atoms with Crippen molar-refractivity contribution in [2.45, 2.75) is 4.90 Å². The number of rotatable bonds is 1. The molecule has 7 heteroatoms. The maximum Gasteiger partial charge on any atom is 1.00 e. The molecule has 2 aromatic carbocycles. The molecule has 0 heterocycles. The van der Waals surface area contributed by atoms with Crippen LogP contribution in [-0.4, -0.2) is 18.1 Å². The number of hydrogen-bond donors (Lipinski definition) is 2. The summed E-state index contributed by atoms with van der Waals surface area (Å²) in [5.41, 5.74) is 5.97. The van der Waals surface area contributed by atoms with E-state index in [4.69, 9.17) is 5.73 Å². The van der Waals surface area contributed by atoms with Crippen molar-refractivity contribution in [2.24, 2.45) is 0 Å². The standard InChI is InChI=1S/C10H9NO4S.Na/c11-7-2-1-6-3-8(16(13,14)15)5-10(12)9(6)4-7;/h1-5,12H,11H2,(H,13,14,15);/q;+1/p-1. The predicted octanol–water partition coefficient (Wildman–Crippen LogP) is -1.96. The van der Waals surface area contributed by atoms with Gasteiger partial charge in [0, 0.05) is 11.1 Å². The molecule has 0 aliphatic carbocycles. The number of anilines is 1. The van der Waals surface area contributed by atoms with E-state index in [1.165, 1.54) is 12.1 Å². The number of nitrogen functional groups attached to an aromatic ring is 1. The summed E-state index contributed by atoms with van der Waals surface area (Å²) in [6.07, 6.45) is 0. The molecular weight excluding hydrogens is 253 g/mol. The third-order valence-corrected chi connectivity index (χ3v) is 3.03. The molecule has 0 aromatic heterocycles. The van der Waals surface area contributed by atoms with Crippen LogP contribution in [-0.2, 0) is 10.1 Å². The molecule has 5 nitrogen and oxygen atoms in total. The summed E-state index contributed by atoms with van der Waals surface area (Å²) in [5.74, 6) is -0.278. The maximum atomic E-state index is 10.8. The fourth-order valence-electron chi connectivity index (χ4n) is 1.47. The Balaban J connectivity index is 0.00000144. The molecular formula is C10H8NNaO4S. The fourth-order valence-corrected chi connectivity index (χ4v) is 2.00. The number of hydrogen-bond acceptors (Lipinski definition) is 5. The van der Waals surface area contributed by atoms with E-state index in [0.29, 0.717) is 16.5 Å². The van der Waals surface area contributed by atoms with E-state index in [1.807, 2.05) is 0 Å². The van der Waals surface area contributed by atoms with E-state index < -0.39 is 15.0 Å². The van der Waals surface area contributed by atoms with Crippen molar-refractivity contribution >= 4 is 26.6 Å². The van der Waals surface area contributed by atoms with Crippen molar-refractivity contribution in [1.29, 1.82) is 0 Å². The van der Waals surface area contributed by atoms with E-state index >= 15 is 0 Å². The topological polar surface area (TPSA) is 103 Å². The number of aromatic hydroxyl groups is 1. The van der Waals surface area contributed by atoms with Crippen molar-refractivity contribution in [3.8, 4) is 5.75 Å². The minimum atomic E-state index is -4.57. The molecule has 84 valence electrons. The molecule has 2 rings (SSSR count). The third-order valence-electron chi connectivity index (χ3n) is 2.22. The van der Waals surface area contributed by atoms with Gasteiger partial charge in [-0.05, 0) is 29.7 Å². The molecule has 0 fully saturated rings. The van der Waals surface area contributed by atoms with Gasteiger partial charge >= 0.3 is 29.6 Å². The van der Waals surface area contributed by atoms with Gasteiger partial charge in [-0.3, -0.25) is 0 Å². The van der Waals surface area contributed by atoms with E-state index in [-0.39, 0.29) is 35.3 Å². The first kappa shape index (κ1) is 14.3. The molecule has 2 aromatic rings. The molecule has 0 aliphatic rings. The van der Waals surface area contributed by atoms with Crippen molar-refractivity contribution < 1.29 is 47.6 Å². The van der Waals surface area contributed by atoms with Crippen molar-refractivity contribution in [3.63, 3.8) is 0 Å².